The SMILES string of the molecule is c1ccc2c(c1)c1c3c4ccccc4n(-c4cnc5cnncc5c4)c3ccc1n2-c1cnc2cnncc2c1. The van der Waals surface area contributed by atoms with Crippen molar-refractivity contribution in [2.24, 2.45) is 0 Å². The number of benzene rings is 3. The predicted molar refractivity (Wildman–Crippen MR) is 157 cm³/mol. The molecule has 9 aromatic rings. The predicted octanol–water partition coefficient (Wildman–Crippen LogP) is 6.56. The lowest BCUT2D eigenvalue weighted by Crippen LogP contribution is -1.97. The van der Waals surface area contributed by atoms with Crippen molar-refractivity contribution in [1.29, 1.82) is 0 Å². The van der Waals surface area contributed by atoms with Crippen LogP contribution in [0.1, 0.15) is 0 Å². The first-order chi connectivity index (χ1) is 19.8. The molecule has 3 aromatic carbocycles. The van der Waals surface area contributed by atoms with Crippen LogP contribution in [0.5, 0.6) is 0 Å². The smallest absolute Gasteiger partial charge is 0.0921 e. The molecule has 6 aromatic heterocycles. The summed E-state index contributed by atoms with van der Waals surface area (Å²) in [7, 11) is 0. The van der Waals surface area contributed by atoms with Crippen molar-refractivity contribution in [3.8, 4) is 11.4 Å². The Morgan fingerprint density at radius 2 is 0.875 bits per heavy atom. The van der Waals surface area contributed by atoms with Gasteiger partial charge in [0.2, 0.25) is 0 Å². The number of fused-ring (bicyclic) bond motifs is 9. The molecule has 0 spiro atoms. The molecule has 8 nitrogen and oxygen atoms in total. The summed E-state index contributed by atoms with van der Waals surface area (Å²) < 4.78 is 4.58. The Morgan fingerprint density at radius 3 is 1.38 bits per heavy atom. The highest BCUT2D eigenvalue weighted by Crippen LogP contribution is 2.42. The van der Waals surface area contributed by atoms with Crippen molar-refractivity contribution in [3.63, 3.8) is 0 Å². The van der Waals surface area contributed by atoms with E-state index in [1.54, 1.807) is 24.8 Å². The quantitative estimate of drug-likeness (QED) is 0.260. The zero-order valence-corrected chi connectivity index (χ0v) is 21.0. The molecule has 0 aliphatic carbocycles. The van der Waals surface area contributed by atoms with E-state index < -0.39 is 0 Å². The van der Waals surface area contributed by atoms with Gasteiger partial charge in [-0.25, -0.2) is 0 Å². The maximum Gasteiger partial charge on any atom is 0.0921 e. The summed E-state index contributed by atoms with van der Waals surface area (Å²) in [5.41, 5.74) is 8.08. The Bertz CT molecular complexity index is 2280. The van der Waals surface area contributed by atoms with Gasteiger partial charge in [-0.05, 0) is 36.4 Å². The second kappa shape index (κ2) is 7.87. The maximum atomic E-state index is 4.69. The monoisotopic (exact) mass is 514 g/mol. The van der Waals surface area contributed by atoms with E-state index in [0.29, 0.717) is 0 Å². The fourth-order valence-electron chi connectivity index (χ4n) is 6.07. The number of hydrogen-bond acceptors (Lipinski definition) is 6. The first-order valence-corrected chi connectivity index (χ1v) is 12.9. The Hall–Kier alpha value is -5.76. The van der Waals surface area contributed by atoms with Crippen LogP contribution in [0.2, 0.25) is 0 Å². The van der Waals surface area contributed by atoms with E-state index in [9.17, 15) is 0 Å². The highest BCUT2D eigenvalue weighted by Gasteiger charge is 2.20. The van der Waals surface area contributed by atoms with Crippen molar-refractivity contribution in [2.45, 2.75) is 0 Å². The third kappa shape index (κ3) is 2.84. The Balaban J connectivity index is 1.43. The highest BCUT2D eigenvalue weighted by molar-refractivity contribution is 6.28. The van der Waals surface area contributed by atoms with Crippen LogP contribution in [0.4, 0.5) is 0 Å². The summed E-state index contributed by atoms with van der Waals surface area (Å²) in [6.07, 6.45) is 10.7. The number of hydrogen-bond donors (Lipinski definition) is 0. The van der Waals surface area contributed by atoms with Gasteiger partial charge in [-0.15, -0.1) is 0 Å². The fraction of sp³-hybridized carbons (Fsp3) is 0. The molecule has 186 valence electrons. The first kappa shape index (κ1) is 21.2. The van der Waals surface area contributed by atoms with Gasteiger partial charge in [0, 0.05) is 32.3 Å². The summed E-state index contributed by atoms with van der Waals surface area (Å²) >= 11 is 0. The van der Waals surface area contributed by atoms with Gasteiger partial charge in [0.05, 0.1) is 81.7 Å². The van der Waals surface area contributed by atoms with E-state index in [1.807, 2.05) is 12.4 Å². The zero-order valence-electron chi connectivity index (χ0n) is 21.0. The molecule has 0 N–H and O–H groups in total. The molecule has 0 aliphatic heterocycles. The number of aromatic nitrogens is 8. The summed E-state index contributed by atoms with van der Waals surface area (Å²) in [4.78, 5) is 9.38. The molecule has 0 radical (unpaired) electrons. The third-order valence-electron chi connectivity index (χ3n) is 7.75. The van der Waals surface area contributed by atoms with Crippen LogP contribution in [0.15, 0.2) is 110 Å². The largest absolute Gasteiger partial charge is 0.308 e. The average Bonchev–Trinajstić information content (AvgIpc) is 3.53. The molecule has 0 unspecified atom stereocenters. The van der Waals surface area contributed by atoms with Crippen molar-refractivity contribution in [1.82, 2.24) is 39.5 Å². The van der Waals surface area contributed by atoms with E-state index in [-0.39, 0.29) is 0 Å². The van der Waals surface area contributed by atoms with E-state index in [4.69, 9.17) is 0 Å². The number of pyridine rings is 2. The second-order valence-electron chi connectivity index (χ2n) is 9.87. The zero-order chi connectivity index (χ0) is 26.2. The third-order valence-corrected chi connectivity index (χ3v) is 7.75. The summed E-state index contributed by atoms with van der Waals surface area (Å²) in [6, 6.07) is 25.8. The van der Waals surface area contributed by atoms with Gasteiger partial charge in [-0.3, -0.25) is 9.97 Å². The van der Waals surface area contributed by atoms with Crippen LogP contribution < -0.4 is 0 Å². The maximum absolute atomic E-state index is 4.69. The molecule has 40 heavy (non-hydrogen) atoms. The normalized spacial score (nSPS) is 12.0. The number of nitrogens with zero attached hydrogens (tertiary/aromatic N) is 8. The minimum atomic E-state index is 0.819. The fourth-order valence-corrected chi connectivity index (χ4v) is 6.07. The van der Waals surface area contributed by atoms with Gasteiger partial charge in [0.15, 0.2) is 0 Å². The van der Waals surface area contributed by atoms with Crippen LogP contribution in [-0.2, 0) is 0 Å². The van der Waals surface area contributed by atoms with Gasteiger partial charge < -0.3 is 9.13 Å². The van der Waals surface area contributed by atoms with Crippen LogP contribution in [0.25, 0.3) is 76.8 Å². The standard InChI is InChI=1S/C32H18N8/c1-3-7-27-23(5-1)31-29(39(27)21-11-19-13-35-37-17-25(19)33-15-21)9-10-30-32(31)24-6-2-4-8-28(24)40(30)22-12-20-14-36-38-18-26(20)34-16-22/h1-18H. The van der Waals surface area contributed by atoms with Crippen molar-refractivity contribution in [3.05, 3.63) is 110 Å². The van der Waals surface area contributed by atoms with Gasteiger partial charge in [0.1, 0.15) is 0 Å². The van der Waals surface area contributed by atoms with Crippen molar-refractivity contribution >= 4 is 65.4 Å². The average molecular weight is 515 g/mol. The molecule has 0 bridgehead atoms. The Labute approximate surface area is 226 Å². The molecular formula is C32H18N8. The lowest BCUT2D eigenvalue weighted by Gasteiger charge is -2.10. The number of para-hydroxylation sites is 2. The molecule has 0 atom stereocenters. The summed E-state index contributed by atoms with van der Waals surface area (Å²) in [6.45, 7) is 0. The van der Waals surface area contributed by atoms with Crippen LogP contribution >= 0.6 is 0 Å². The molecule has 9 rings (SSSR count). The molecule has 0 saturated carbocycles. The van der Waals surface area contributed by atoms with Gasteiger partial charge in [-0.1, -0.05) is 36.4 Å². The minimum absolute atomic E-state index is 0.819. The van der Waals surface area contributed by atoms with E-state index in [0.717, 1.165) is 55.2 Å². The molecule has 8 heteroatoms. The highest BCUT2D eigenvalue weighted by atomic mass is 15.1. The topological polar surface area (TPSA) is 87.2 Å². The van der Waals surface area contributed by atoms with E-state index >= 15 is 0 Å². The van der Waals surface area contributed by atoms with Crippen molar-refractivity contribution in [2.75, 3.05) is 0 Å². The number of rotatable bonds is 2. The minimum Gasteiger partial charge on any atom is -0.308 e. The lowest BCUT2D eigenvalue weighted by atomic mass is 10.1. The molecule has 0 saturated heterocycles. The van der Waals surface area contributed by atoms with Gasteiger partial charge in [0.25, 0.3) is 0 Å². The van der Waals surface area contributed by atoms with Crippen LogP contribution in [-0.4, -0.2) is 39.5 Å². The van der Waals surface area contributed by atoms with Crippen LogP contribution in [0, 0.1) is 0 Å². The molecule has 0 aliphatic rings. The summed E-state index contributed by atoms with van der Waals surface area (Å²) in [5.74, 6) is 0. The Morgan fingerprint density at radius 1 is 0.425 bits per heavy atom. The molecule has 0 fully saturated rings. The lowest BCUT2D eigenvalue weighted by molar-refractivity contribution is 1.04. The van der Waals surface area contributed by atoms with E-state index in [1.165, 1.54) is 21.5 Å². The first-order valence-electron chi connectivity index (χ1n) is 12.9. The van der Waals surface area contributed by atoms with Crippen LogP contribution in [0.3, 0.4) is 0 Å². The second-order valence-corrected chi connectivity index (χ2v) is 9.87. The van der Waals surface area contributed by atoms with E-state index in [2.05, 4.69) is 112 Å². The van der Waals surface area contributed by atoms with Gasteiger partial charge in [-0.2, -0.15) is 20.4 Å². The summed E-state index contributed by atoms with van der Waals surface area (Å²) in [5, 5.41) is 22.8. The van der Waals surface area contributed by atoms with Gasteiger partial charge >= 0.3 is 0 Å². The van der Waals surface area contributed by atoms with Crippen molar-refractivity contribution < 1.29 is 0 Å². The molecule has 6 heterocycles. The Kier molecular flexibility index (Phi) is 4.17. The molecule has 0 amide bonds. The molecular weight excluding hydrogens is 496 g/mol.